The number of thiol groups is 1. The maximum atomic E-state index is 9.12. The van der Waals surface area contributed by atoms with Crippen LogP contribution in [0, 0.1) is 0 Å². The predicted molar refractivity (Wildman–Crippen MR) is 49.4 cm³/mol. The Morgan fingerprint density at radius 1 is 1.62 bits per heavy atom. The molecule has 0 aliphatic rings. The number of alkyl halides is 3. The van der Waals surface area contributed by atoms with Gasteiger partial charge in [-0.3, -0.25) is 0 Å². The predicted octanol–water partition coefficient (Wildman–Crippen LogP) is 2.12. The zero-order valence-corrected chi connectivity index (χ0v) is 9.47. The van der Waals surface area contributed by atoms with Gasteiger partial charge in [0.25, 0.3) is 0 Å². The SMILES string of the molecule is OC(S)(CBr)C(Br)Br. The van der Waals surface area contributed by atoms with E-state index in [4.69, 9.17) is 5.11 Å². The Morgan fingerprint density at radius 3 is 2.00 bits per heavy atom. The van der Waals surface area contributed by atoms with Gasteiger partial charge in [-0.2, -0.15) is 0 Å². The average Bonchev–Trinajstić information content (AvgIpc) is 1.67. The van der Waals surface area contributed by atoms with Crippen LogP contribution in [-0.2, 0) is 0 Å². The van der Waals surface area contributed by atoms with Gasteiger partial charge in [0.05, 0.1) is 0 Å². The van der Waals surface area contributed by atoms with E-state index >= 15 is 0 Å². The highest BCUT2D eigenvalue weighted by Crippen LogP contribution is 2.28. The Labute approximate surface area is 79.0 Å². The Kier molecular flexibility index (Phi) is 4.64. The summed E-state index contributed by atoms with van der Waals surface area (Å²) in [6.45, 7) is 0. The molecule has 0 aromatic rings. The van der Waals surface area contributed by atoms with Crippen LogP contribution in [0.25, 0.3) is 0 Å². The first kappa shape index (κ1) is 9.75. The van der Waals surface area contributed by atoms with Crippen molar-refractivity contribution in [2.45, 2.75) is 8.67 Å². The maximum absolute atomic E-state index is 9.12. The number of aliphatic hydroxyl groups is 1. The molecule has 1 unspecified atom stereocenters. The first-order chi connectivity index (χ1) is 3.50. The highest BCUT2D eigenvalue weighted by Gasteiger charge is 2.27. The molecule has 8 heavy (non-hydrogen) atoms. The van der Waals surface area contributed by atoms with Crippen LogP contribution in [0.15, 0.2) is 0 Å². The van der Waals surface area contributed by atoms with Gasteiger partial charge in [-0.15, -0.1) is 12.6 Å². The summed E-state index contributed by atoms with van der Waals surface area (Å²) in [5, 5.41) is 9.54. The van der Waals surface area contributed by atoms with E-state index in [-0.39, 0.29) is 3.74 Å². The summed E-state index contributed by atoms with van der Waals surface area (Å²) in [5.41, 5.74) is 0. The van der Waals surface area contributed by atoms with Crippen LogP contribution >= 0.6 is 60.4 Å². The Morgan fingerprint density at radius 2 is 2.00 bits per heavy atom. The molecule has 0 bridgehead atoms. The minimum Gasteiger partial charge on any atom is -0.377 e. The van der Waals surface area contributed by atoms with E-state index in [1.54, 1.807) is 0 Å². The van der Waals surface area contributed by atoms with Crippen LogP contribution in [0.5, 0.6) is 0 Å². The molecule has 50 valence electrons. The van der Waals surface area contributed by atoms with Gasteiger partial charge >= 0.3 is 0 Å². The van der Waals surface area contributed by atoms with Crippen molar-refractivity contribution in [2.24, 2.45) is 0 Å². The molecular weight excluding hydrogens is 324 g/mol. The van der Waals surface area contributed by atoms with Crippen molar-refractivity contribution in [3.05, 3.63) is 0 Å². The minimum absolute atomic E-state index is 0.190. The lowest BCUT2D eigenvalue weighted by molar-refractivity contribution is 0.188. The molecule has 0 saturated heterocycles. The fraction of sp³-hybridized carbons (Fsp3) is 1.00. The molecule has 0 spiro atoms. The van der Waals surface area contributed by atoms with E-state index in [2.05, 4.69) is 60.4 Å². The number of rotatable bonds is 2. The van der Waals surface area contributed by atoms with Gasteiger partial charge in [0, 0.05) is 5.33 Å². The zero-order valence-electron chi connectivity index (χ0n) is 3.81. The summed E-state index contributed by atoms with van der Waals surface area (Å²) in [4.78, 5) is -1.01. The zero-order chi connectivity index (χ0) is 6.78. The Bertz CT molecular complexity index is 74.9. The molecule has 0 saturated carbocycles. The molecule has 1 atom stereocenters. The smallest absolute Gasteiger partial charge is 0.139 e. The first-order valence-electron chi connectivity index (χ1n) is 1.79. The summed E-state index contributed by atoms with van der Waals surface area (Å²) < 4.78 is -0.190. The van der Waals surface area contributed by atoms with Crippen LogP contribution in [-0.4, -0.2) is 19.1 Å². The quantitative estimate of drug-likeness (QED) is 0.452. The Balaban J connectivity index is 3.71. The molecule has 0 aliphatic carbocycles. The van der Waals surface area contributed by atoms with Gasteiger partial charge in [-0.05, 0) is 0 Å². The van der Waals surface area contributed by atoms with Crippen LogP contribution < -0.4 is 0 Å². The molecule has 0 heterocycles. The highest BCUT2D eigenvalue weighted by atomic mass is 79.9. The normalized spacial score (nSPS) is 18.8. The molecule has 0 aromatic heterocycles. The number of hydrogen-bond acceptors (Lipinski definition) is 2. The summed E-state index contributed by atoms with van der Waals surface area (Å²) in [6.07, 6.45) is 0. The molecule has 0 amide bonds. The van der Waals surface area contributed by atoms with E-state index < -0.39 is 4.93 Å². The summed E-state index contributed by atoms with van der Waals surface area (Å²) in [5.74, 6) is 0. The molecular formula is C3H5Br3OS. The number of halogens is 3. The second-order valence-electron chi connectivity index (χ2n) is 1.31. The molecule has 0 aromatic carbocycles. The largest absolute Gasteiger partial charge is 0.377 e. The van der Waals surface area contributed by atoms with Crippen LogP contribution in [0.1, 0.15) is 0 Å². The van der Waals surface area contributed by atoms with Crippen molar-refractivity contribution >= 4 is 60.4 Å². The van der Waals surface area contributed by atoms with Crippen molar-refractivity contribution in [3.8, 4) is 0 Å². The minimum atomic E-state index is -1.01. The van der Waals surface area contributed by atoms with E-state index in [0.29, 0.717) is 5.33 Å². The third-order valence-corrected chi connectivity index (χ3v) is 4.47. The molecule has 1 N–H and O–H groups in total. The van der Waals surface area contributed by atoms with Gasteiger partial charge in [-0.25, -0.2) is 0 Å². The third kappa shape index (κ3) is 3.06. The van der Waals surface area contributed by atoms with E-state index in [0.717, 1.165) is 0 Å². The highest BCUT2D eigenvalue weighted by molar-refractivity contribution is 9.24. The topological polar surface area (TPSA) is 20.2 Å². The third-order valence-electron chi connectivity index (χ3n) is 0.546. The first-order valence-corrected chi connectivity index (χ1v) is 5.19. The standard InChI is InChI=1S/C3H5Br3OS/c4-1-3(7,8)2(5)6/h2,7-8H,1H2. The van der Waals surface area contributed by atoms with E-state index in [9.17, 15) is 0 Å². The summed E-state index contributed by atoms with van der Waals surface area (Å²) >= 11 is 13.2. The summed E-state index contributed by atoms with van der Waals surface area (Å²) in [7, 11) is 0. The van der Waals surface area contributed by atoms with Gasteiger partial charge in [0.15, 0.2) is 0 Å². The fourth-order valence-electron chi connectivity index (χ4n) is 0.0583. The van der Waals surface area contributed by atoms with Crippen molar-refractivity contribution in [2.75, 3.05) is 5.33 Å². The van der Waals surface area contributed by atoms with Crippen molar-refractivity contribution in [3.63, 3.8) is 0 Å². The van der Waals surface area contributed by atoms with Crippen molar-refractivity contribution < 1.29 is 5.11 Å². The van der Waals surface area contributed by atoms with E-state index in [1.807, 2.05) is 0 Å². The second-order valence-corrected chi connectivity index (χ2v) is 5.71. The van der Waals surface area contributed by atoms with Crippen LogP contribution in [0.2, 0.25) is 0 Å². The number of hydrogen-bond donors (Lipinski definition) is 2. The molecule has 5 heteroatoms. The van der Waals surface area contributed by atoms with Gasteiger partial charge in [0.1, 0.15) is 8.67 Å². The van der Waals surface area contributed by atoms with Crippen molar-refractivity contribution in [1.82, 2.24) is 0 Å². The average molecular weight is 329 g/mol. The lowest BCUT2D eigenvalue weighted by Crippen LogP contribution is -2.29. The van der Waals surface area contributed by atoms with Gasteiger partial charge in [-0.1, -0.05) is 47.8 Å². The molecule has 0 aliphatic heterocycles. The van der Waals surface area contributed by atoms with E-state index in [1.165, 1.54) is 0 Å². The lowest BCUT2D eigenvalue weighted by Gasteiger charge is -2.20. The van der Waals surface area contributed by atoms with Crippen molar-refractivity contribution in [1.29, 1.82) is 0 Å². The molecule has 0 fully saturated rings. The monoisotopic (exact) mass is 326 g/mol. The second kappa shape index (κ2) is 3.81. The molecule has 1 nitrogen and oxygen atoms in total. The molecule has 0 radical (unpaired) electrons. The van der Waals surface area contributed by atoms with Crippen LogP contribution in [0.4, 0.5) is 0 Å². The van der Waals surface area contributed by atoms with Crippen LogP contribution in [0.3, 0.4) is 0 Å². The lowest BCUT2D eigenvalue weighted by atomic mass is 10.5. The molecule has 0 rings (SSSR count). The van der Waals surface area contributed by atoms with Gasteiger partial charge in [0.2, 0.25) is 0 Å². The Hall–Kier alpha value is 1.75. The van der Waals surface area contributed by atoms with Gasteiger partial charge < -0.3 is 5.11 Å². The maximum Gasteiger partial charge on any atom is 0.139 e. The summed E-state index contributed by atoms with van der Waals surface area (Å²) in [6, 6.07) is 0. The fourth-order valence-corrected chi connectivity index (χ4v) is 1.57.